The van der Waals surface area contributed by atoms with Gasteiger partial charge in [0.25, 0.3) is 10.1 Å². The zero-order valence-electron chi connectivity index (χ0n) is 26.7. The quantitative estimate of drug-likeness (QED) is 0.0985. The van der Waals surface area contributed by atoms with Gasteiger partial charge in [0.05, 0.1) is 11.2 Å². The molecule has 0 aliphatic carbocycles. The van der Waals surface area contributed by atoms with Crippen LogP contribution >= 0.6 is 0 Å². The number of aliphatic carboxylic acids is 1. The van der Waals surface area contributed by atoms with Gasteiger partial charge in [-0.05, 0) is 84.1 Å². The highest BCUT2D eigenvalue weighted by Crippen LogP contribution is 2.50. The largest absolute Gasteiger partial charge is 0.481 e. The Bertz CT molecular complexity index is 1620. The van der Waals surface area contributed by atoms with Crippen molar-refractivity contribution in [1.29, 1.82) is 0 Å². The Hall–Kier alpha value is -3.49. The zero-order valence-corrected chi connectivity index (χ0v) is 27.5. The standard InChI is InChI=1S/C36H46N2O5S/c1-6-37-31-22-21-27(2)26-29(31)35(3,4)32(37)18-8-7-9-19-33-36(5,23-13-12-20-34(39)40)28-16-10-11-17-30(28)38(33)24-14-15-25-44(41,42)43/h7-11,16-19,21-22,26H,6,12-15,20,23-25H2,1-5H3,(H-,39,40,41,42,43)/p+1. The molecule has 2 aliphatic heterocycles. The highest BCUT2D eigenvalue weighted by atomic mass is 32.2. The number of rotatable bonds is 14. The molecule has 0 radical (unpaired) electrons. The monoisotopic (exact) mass is 619 g/mol. The molecule has 2 aliphatic rings. The van der Waals surface area contributed by atoms with Crippen molar-refractivity contribution in [3.63, 3.8) is 0 Å². The summed E-state index contributed by atoms with van der Waals surface area (Å²) in [5.74, 6) is -1.04. The van der Waals surface area contributed by atoms with Gasteiger partial charge in [0, 0.05) is 47.5 Å². The molecule has 8 heteroatoms. The summed E-state index contributed by atoms with van der Waals surface area (Å²) in [7, 11) is -4.01. The first-order valence-corrected chi connectivity index (χ1v) is 17.3. The topological polar surface area (TPSA) is 97.9 Å². The second-order valence-electron chi connectivity index (χ2n) is 12.7. The summed E-state index contributed by atoms with van der Waals surface area (Å²) in [4.78, 5) is 13.4. The molecule has 2 aromatic carbocycles. The predicted molar refractivity (Wildman–Crippen MR) is 179 cm³/mol. The number of hydrogen-bond donors (Lipinski definition) is 2. The van der Waals surface area contributed by atoms with Crippen molar-refractivity contribution in [3.05, 3.63) is 95.2 Å². The van der Waals surface area contributed by atoms with E-state index in [0.29, 0.717) is 25.8 Å². The SMILES string of the molecule is CC[N+]1=C(/C=C/C=C/C=C2/N(CCCCS(=O)(=O)O)c3ccccc3C2(C)CCCCC(=O)O)C(C)(C)c2cc(C)ccc21. The number of hydrogen-bond acceptors (Lipinski definition) is 4. The first-order valence-electron chi connectivity index (χ1n) is 15.6. The third kappa shape index (κ3) is 7.24. The second kappa shape index (κ2) is 13.7. The second-order valence-corrected chi connectivity index (χ2v) is 14.2. The fraction of sp³-hybridized carbons (Fsp3) is 0.444. The molecule has 0 fully saturated rings. The maximum Gasteiger partial charge on any atom is 0.303 e. The number of carboxylic acids is 1. The lowest BCUT2D eigenvalue weighted by Crippen LogP contribution is -2.29. The van der Waals surface area contributed by atoms with Gasteiger partial charge in [0.1, 0.15) is 6.54 Å². The van der Waals surface area contributed by atoms with Crippen LogP contribution < -0.4 is 4.90 Å². The molecule has 44 heavy (non-hydrogen) atoms. The molecule has 2 aromatic rings. The number of nitrogens with zero attached hydrogens (tertiary/aromatic N) is 2. The summed E-state index contributed by atoms with van der Waals surface area (Å²) >= 11 is 0. The Kier molecular flexibility index (Phi) is 10.4. The van der Waals surface area contributed by atoms with Crippen LogP contribution in [0, 0.1) is 6.92 Å². The Labute approximate surface area is 263 Å². The molecule has 0 saturated carbocycles. The van der Waals surface area contributed by atoms with Crippen molar-refractivity contribution in [2.75, 3.05) is 23.7 Å². The number of benzene rings is 2. The van der Waals surface area contributed by atoms with E-state index < -0.39 is 16.1 Å². The molecule has 2 heterocycles. The third-order valence-corrected chi connectivity index (χ3v) is 9.90. The average molecular weight is 620 g/mol. The van der Waals surface area contributed by atoms with Crippen LogP contribution in [-0.4, -0.2) is 53.2 Å². The lowest BCUT2D eigenvalue weighted by molar-refractivity contribution is -0.433. The highest BCUT2D eigenvalue weighted by molar-refractivity contribution is 7.85. The summed E-state index contributed by atoms with van der Waals surface area (Å²) in [5.41, 5.74) is 8.08. The van der Waals surface area contributed by atoms with Crippen molar-refractivity contribution >= 4 is 33.2 Å². The van der Waals surface area contributed by atoms with E-state index in [1.165, 1.54) is 28.1 Å². The van der Waals surface area contributed by atoms with E-state index in [-0.39, 0.29) is 23.0 Å². The molecule has 1 atom stereocenters. The van der Waals surface area contributed by atoms with E-state index in [2.05, 4.69) is 105 Å². The minimum atomic E-state index is -4.01. The number of unbranched alkanes of at least 4 members (excludes halogenated alkanes) is 2. The fourth-order valence-electron chi connectivity index (χ4n) is 6.82. The van der Waals surface area contributed by atoms with Gasteiger partial charge in [-0.2, -0.15) is 13.0 Å². The zero-order chi connectivity index (χ0) is 32.1. The molecule has 0 amide bonds. The van der Waals surface area contributed by atoms with Crippen LogP contribution in [0.2, 0.25) is 0 Å². The molecule has 2 N–H and O–H groups in total. The molecule has 1 unspecified atom stereocenters. The van der Waals surface area contributed by atoms with Gasteiger partial charge < -0.3 is 10.0 Å². The molecule has 7 nitrogen and oxygen atoms in total. The Balaban J connectivity index is 1.63. The molecule has 4 rings (SSSR count). The molecule has 0 bridgehead atoms. The van der Waals surface area contributed by atoms with Crippen molar-refractivity contribution in [3.8, 4) is 0 Å². The number of carbonyl (C=O) groups is 1. The molecule has 236 valence electrons. The average Bonchev–Trinajstić information content (AvgIpc) is 3.32. The van der Waals surface area contributed by atoms with Gasteiger partial charge >= 0.3 is 5.97 Å². The number of para-hydroxylation sites is 1. The summed E-state index contributed by atoms with van der Waals surface area (Å²) in [6.45, 7) is 12.6. The summed E-state index contributed by atoms with van der Waals surface area (Å²) < 4.78 is 34.2. The van der Waals surface area contributed by atoms with Crippen LogP contribution in [0.1, 0.15) is 82.9 Å². The van der Waals surface area contributed by atoms with Gasteiger partial charge in [-0.25, -0.2) is 0 Å². The van der Waals surface area contributed by atoms with E-state index in [0.717, 1.165) is 30.8 Å². The van der Waals surface area contributed by atoms with Crippen LogP contribution in [0.25, 0.3) is 0 Å². The maximum absolute atomic E-state index is 11.3. The smallest absolute Gasteiger partial charge is 0.303 e. The number of fused-ring (bicyclic) bond motifs is 2. The maximum atomic E-state index is 11.3. The number of anilines is 1. The fourth-order valence-corrected chi connectivity index (χ4v) is 7.38. The lowest BCUT2D eigenvalue weighted by atomic mass is 9.77. The molecular formula is C36H47N2O5S+. The summed E-state index contributed by atoms with van der Waals surface area (Å²) in [6.07, 6.45) is 13.9. The minimum Gasteiger partial charge on any atom is -0.481 e. The number of allylic oxidation sites excluding steroid dienone is 6. The van der Waals surface area contributed by atoms with Crippen LogP contribution in [-0.2, 0) is 25.7 Å². The third-order valence-electron chi connectivity index (χ3n) is 9.09. The van der Waals surface area contributed by atoms with Crippen molar-refractivity contribution < 1.29 is 27.4 Å². The lowest BCUT2D eigenvalue weighted by Gasteiger charge is -2.30. The van der Waals surface area contributed by atoms with E-state index in [1.807, 2.05) is 12.1 Å². The Morgan fingerprint density at radius 2 is 1.73 bits per heavy atom. The van der Waals surface area contributed by atoms with E-state index in [1.54, 1.807) is 0 Å². The predicted octanol–water partition coefficient (Wildman–Crippen LogP) is 7.48. The number of carboxylic acid groups (broad SMARTS) is 1. The van der Waals surface area contributed by atoms with E-state index in [4.69, 9.17) is 0 Å². The minimum absolute atomic E-state index is 0.110. The van der Waals surface area contributed by atoms with Gasteiger partial charge in [-0.3, -0.25) is 9.35 Å². The van der Waals surface area contributed by atoms with Crippen LogP contribution in [0.4, 0.5) is 11.4 Å². The van der Waals surface area contributed by atoms with Crippen LogP contribution in [0.3, 0.4) is 0 Å². The van der Waals surface area contributed by atoms with E-state index in [9.17, 15) is 22.9 Å². The first kappa shape index (κ1) is 33.4. The molecule has 0 aromatic heterocycles. The number of aryl methyl sites for hydroxylation is 1. The molecule has 0 saturated heterocycles. The highest BCUT2D eigenvalue weighted by Gasteiger charge is 2.44. The Morgan fingerprint density at radius 3 is 2.43 bits per heavy atom. The molecular weight excluding hydrogens is 572 g/mol. The molecule has 0 spiro atoms. The van der Waals surface area contributed by atoms with Gasteiger partial charge in [0.15, 0.2) is 5.71 Å². The first-order chi connectivity index (χ1) is 20.8. The van der Waals surface area contributed by atoms with Crippen molar-refractivity contribution in [2.24, 2.45) is 0 Å². The van der Waals surface area contributed by atoms with Gasteiger partial charge in [0.2, 0.25) is 5.69 Å². The van der Waals surface area contributed by atoms with Crippen LogP contribution in [0.15, 0.2) is 78.5 Å². The summed E-state index contributed by atoms with van der Waals surface area (Å²) in [5, 5.41) is 9.17. The normalized spacial score (nSPS) is 20.3. The Morgan fingerprint density at radius 1 is 0.977 bits per heavy atom. The van der Waals surface area contributed by atoms with Crippen molar-refractivity contribution in [2.45, 2.75) is 84.0 Å². The van der Waals surface area contributed by atoms with Crippen LogP contribution in [0.5, 0.6) is 0 Å². The summed E-state index contributed by atoms with van der Waals surface area (Å²) in [6, 6.07) is 15.0. The van der Waals surface area contributed by atoms with E-state index >= 15 is 0 Å². The van der Waals surface area contributed by atoms with Gasteiger partial charge in [-0.1, -0.05) is 54.5 Å². The van der Waals surface area contributed by atoms with Gasteiger partial charge in [-0.15, -0.1) is 0 Å². The van der Waals surface area contributed by atoms with Crippen molar-refractivity contribution in [1.82, 2.24) is 0 Å².